The summed E-state index contributed by atoms with van der Waals surface area (Å²) >= 11 is 6.34. The molecule has 2 aromatic rings. The van der Waals surface area contributed by atoms with Gasteiger partial charge in [0, 0.05) is 18.1 Å². The number of anilines is 1. The average Bonchev–Trinajstić information content (AvgIpc) is 2.79. The van der Waals surface area contributed by atoms with E-state index < -0.39 is 28.5 Å². The Morgan fingerprint density at radius 3 is 2.14 bits per heavy atom. The Morgan fingerprint density at radius 1 is 0.971 bits per heavy atom. The van der Waals surface area contributed by atoms with Crippen molar-refractivity contribution >= 4 is 39.1 Å². The van der Waals surface area contributed by atoms with Crippen molar-refractivity contribution in [2.75, 3.05) is 23.7 Å². The second kappa shape index (κ2) is 12.4. The summed E-state index contributed by atoms with van der Waals surface area (Å²) in [4.78, 5) is 27.9. The molecule has 0 bridgehead atoms. The number of para-hydroxylation sites is 1. The summed E-state index contributed by atoms with van der Waals surface area (Å²) in [5.41, 5.74) is 1.93. The zero-order valence-electron chi connectivity index (χ0n) is 21.3. The highest BCUT2D eigenvalue weighted by Gasteiger charge is 2.31. The Bertz CT molecular complexity index is 1130. The van der Waals surface area contributed by atoms with Gasteiger partial charge in [-0.3, -0.25) is 13.9 Å². The topological polar surface area (TPSA) is 86.8 Å². The Balaban J connectivity index is 2.45. The van der Waals surface area contributed by atoms with Gasteiger partial charge in [0.05, 0.1) is 11.9 Å². The average molecular weight is 522 g/mol. The Hall–Kier alpha value is -2.58. The molecule has 7 nitrogen and oxygen atoms in total. The van der Waals surface area contributed by atoms with Gasteiger partial charge in [0.25, 0.3) is 0 Å². The second-order valence-corrected chi connectivity index (χ2v) is 11.7. The summed E-state index contributed by atoms with van der Waals surface area (Å²) in [6, 6.07) is 13.4. The van der Waals surface area contributed by atoms with Gasteiger partial charge >= 0.3 is 0 Å². The highest BCUT2D eigenvalue weighted by molar-refractivity contribution is 7.92. The van der Waals surface area contributed by atoms with Crippen LogP contribution in [0.25, 0.3) is 0 Å². The number of hydrogen-bond donors (Lipinski definition) is 1. The quantitative estimate of drug-likeness (QED) is 0.474. The molecular formula is C26H36ClN3O4S. The van der Waals surface area contributed by atoms with Gasteiger partial charge in [-0.1, -0.05) is 75.7 Å². The fraction of sp³-hybridized carbons (Fsp3) is 0.462. The van der Waals surface area contributed by atoms with E-state index in [1.807, 2.05) is 39.8 Å². The number of sulfonamides is 1. The maximum atomic E-state index is 13.7. The number of nitrogens with zero attached hydrogens (tertiary/aromatic N) is 2. The third kappa shape index (κ3) is 7.97. The van der Waals surface area contributed by atoms with Crippen molar-refractivity contribution in [3.8, 4) is 0 Å². The van der Waals surface area contributed by atoms with Crippen LogP contribution in [0.4, 0.5) is 5.69 Å². The fourth-order valence-electron chi connectivity index (χ4n) is 3.64. The van der Waals surface area contributed by atoms with Crippen LogP contribution in [0, 0.1) is 5.92 Å². The van der Waals surface area contributed by atoms with Crippen LogP contribution >= 0.6 is 11.6 Å². The van der Waals surface area contributed by atoms with Crippen molar-refractivity contribution in [3.63, 3.8) is 0 Å². The van der Waals surface area contributed by atoms with E-state index in [4.69, 9.17) is 11.6 Å². The standard InChI is InChI=1S/C26H36ClN3O4S/c1-18(2)15-28-26(32)20(5)29(16-21-11-7-9-13-23(21)27)25(31)17-30(35(6,33)34)24-14-10-8-12-22(24)19(3)4/h7-14,18-20H,15-17H2,1-6H3,(H,28,32)/t20-/m1/s1. The Labute approximate surface area is 214 Å². The highest BCUT2D eigenvalue weighted by atomic mass is 35.5. The van der Waals surface area contributed by atoms with E-state index in [2.05, 4.69) is 5.32 Å². The molecule has 2 amide bonds. The third-order valence-electron chi connectivity index (χ3n) is 5.66. The lowest BCUT2D eigenvalue weighted by Crippen LogP contribution is -2.51. The van der Waals surface area contributed by atoms with Gasteiger partial charge in [-0.05, 0) is 42.0 Å². The van der Waals surface area contributed by atoms with Crippen molar-refractivity contribution in [2.45, 2.75) is 53.1 Å². The lowest BCUT2D eigenvalue weighted by atomic mass is 10.0. The lowest BCUT2D eigenvalue weighted by molar-refractivity contribution is -0.139. The molecule has 0 saturated carbocycles. The molecule has 0 fully saturated rings. The fourth-order valence-corrected chi connectivity index (χ4v) is 4.71. The van der Waals surface area contributed by atoms with Crippen molar-refractivity contribution in [2.24, 2.45) is 5.92 Å². The summed E-state index contributed by atoms with van der Waals surface area (Å²) in [6.45, 7) is 9.62. The first-order valence-corrected chi connectivity index (χ1v) is 13.9. The van der Waals surface area contributed by atoms with Gasteiger partial charge in [0.2, 0.25) is 21.8 Å². The summed E-state index contributed by atoms with van der Waals surface area (Å²) < 4.78 is 26.7. The van der Waals surface area contributed by atoms with E-state index in [1.54, 1.807) is 43.3 Å². The second-order valence-electron chi connectivity index (χ2n) is 9.41. The molecule has 0 aliphatic carbocycles. The molecule has 2 aromatic carbocycles. The Kier molecular flexibility index (Phi) is 10.2. The van der Waals surface area contributed by atoms with E-state index in [0.717, 1.165) is 16.1 Å². The predicted molar refractivity (Wildman–Crippen MR) is 142 cm³/mol. The van der Waals surface area contributed by atoms with Crippen LogP contribution in [0.1, 0.15) is 51.7 Å². The first-order chi connectivity index (χ1) is 16.3. The molecule has 0 aromatic heterocycles. The van der Waals surface area contributed by atoms with Crippen LogP contribution in [0.5, 0.6) is 0 Å². The normalized spacial score (nSPS) is 12.5. The van der Waals surface area contributed by atoms with E-state index in [1.165, 1.54) is 4.90 Å². The number of benzene rings is 2. The van der Waals surface area contributed by atoms with Crippen molar-refractivity contribution in [3.05, 3.63) is 64.7 Å². The molecule has 35 heavy (non-hydrogen) atoms. The summed E-state index contributed by atoms with van der Waals surface area (Å²) in [5, 5.41) is 3.32. The van der Waals surface area contributed by atoms with Crippen LogP contribution in [0.2, 0.25) is 5.02 Å². The first-order valence-electron chi connectivity index (χ1n) is 11.7. The molecule has 0 aliphatic rings. The van der Waals surface area contributed by atoms with Gasteiger partial charge < -0.3 is 10.2 Å². The highest BCUT2D eigenvalue weighted by Crippen LogP contribution is 2.29. The molecule has 0 saturated heterocycles. The minimum absolute atomic E-state index is 0.0468. The van der Waals surface area contributed by atoms with Crippen LogP contribution in [0.15, 0.2) is 48.5 Å². The molecule has 9 heteroatoms. The molecule has 192 valence electrons. The number of amides is 2. The molecule has 0 spiro atoms. The predicted octanol–water partition coefficient (Wildman–Crippen LogP) is 4.42. The van der Waals surface area contributed by atoms with Gasteiger partial charge in [0.15, 0.2) is 0 Å². The number of halogens is 1. The van der Waals surface area contributed by atoms with Gasteiger partial charge in [-0.25, -0.2) is 8.42 Å². The zero-order valence-corrected chi connectivity index (χ0v) is 22.9. The molecule has 0 heterocycles. The van der Waals surface area contributed by atoms with E-state index in [9.17, 15) is 18.0 Å². The lowest BCUT2D eigenvalue weighted by Gasteiger charge is -2.32. The molecule has 0 aliphatic heterocycles. The molecule has 1 N–H and O–H groups in total. The SMILES string of the molecule is CC(C)CNC(=O)[C@@H](C)N(Cc1ccccc1Cl)C(=O)CN(c1ccccc1C(C)C)S(C)(=O)=O. The van der Waals surface area contributed by atoms with E-state index >= 15 is 0 Å². The van der Waals surface area contributed by atoms with Crippen LogP contribution in [0.3, 0.4) is 0 Å². The van der Waals surface area contributed by atoms with E-state index in [0.29, 0.717) is 22.8 Å². The van der Waals surface area contributed by atoms with Crippen LogP contribution in [-0.4, -0.2) is 50.5 Å². The largest absolute Gasteiger partial charge is 0.354 e. The van der Waals surface area contributed by atoms with Gasteiger partial charge in [-0.2, -0.15) is 0 Å². The van der Waals surface area contributed by atoms with Gasteiger partial charge in [0.1, 0.15) is 12.6 Å². The number of carbonyl (C=O) groups is 2. The smallest absolute Gasteiger partial charge is 0.244 e. The third-order valence-corrected chi connectivity index (χ3v) is 7.15. The maximum absolute atomic E-state index is 13.7. The first kappa shape index (κ1) is 28.7. The van der Waals surface area contributed by atoms with E-state index in [-0.39, 0.29) is 24.3 Å². The molecular weight excluding hydrogens is 486 g/mol. The molecule has 0 radical (unpaired) electrons. The number of hydrogen-bond acceptors (Lipinski definition) is 4. The van der Waals surface area contributed by atoms with Crippen molar-refractivity contribution < 1.29 is 18.0 Å². The summed E-state index contributed by atoms with van der Waals surface area (Å²) in [6.07, 6.45) is 1.08. The molecule has 1 atom stereocenters. The monoisotopic (exact) mass is 521 g/mol. The molecule has 0 unspecified atom stereocenters. The number of carbonyl (C=O) groups excluding carboxylic acids is 2. The summed E-state index contributed by atoms with van der Waals surface area (Å²) in [7, 11) is -3.79. The molecule has 2 rings (SSSR count). The van der Waals surface area contributed by atoms with Crippen molar-refractivity contribution in [1.29, 1.82) is 0 Å². The number of nitrogens with one attached hydrogen (secondary N) is 1. The van der Waals surface area contributed by atoms with Crippen molar-refractivity contribution in [1.82, 2.24) is 10.2 Å². The Morgan fingerprint density at radius 2 is 1.57 bits per heavy atom. The summed E-state index contributed by atoms with van der Waals surface area (Å²) in [5.74, 6) is -0.522. The minimum atomic E-state index is -3.79. The maximum Gasteiger partial charge on any atom is 0.244 e. The van der Waals surface area contributed by atoms with Crippen LogP contribution in [-0.2, 0) is 26.2 Å². The number of rotatable bonds is 11. The zero-order chi connectivity index (χ0) is 26.3. The minimum Gasteiger partial charge on any atom is -0.354 e. The van der Waals surface area contributed by atoms with Crippen LogP contribution < -0.4 is 9.62 Å². The van der Waals surface area contributed by atoms with Gasteiger partial charge in [-0.15, -0.1) is 0 Å².